The molecule has 0 radical (unpaired) electrons. The lowest BCUT2D eigenvalue weighted by Gasteiger charge is -2.34. The Morgan fingerprint density at radius 2 is 1.75 bits per heavy atom. The Bertz CT molecular complexity index is 998. The van der Waals surface area contributed by atoms with Crippen LogP contribution in [-0.4, -0.2) is 53.4 Å². The number of hydrogen-bond donors (Lipinski definition) is 0. The van der Waals surface area contributed by atoms with E-state index in [1.165, 1.54) is 11.6 Å². The molecule has 1 saturated heterocycles. The molecule has 146 valence electrons. The van der Waals surface area contributed by atoms with E-state index in [1.807, 2.05) is 24.5 Å². The summed E-state index contributed by atoms with van der Waals surface area (Å²) in [5.74, 6) is -0.101. The fourth-order valence-corrected chi connectivity index (χ4v) is 3.38. The maximum Gasteiger partial charge on any atom is 0.289 e. The van der Waals surface area contributed by atoms with Gasteiger partial charge >= 0.3 is 0 Å². The highest BCUT2D eigenvalue weighted by Gasteiger charge is 2.24. The van der Waals surface area contributed by atoms with Gasteiger partial charge in [-0.1, -0.05) is 12.1 Å². The standard InChI is InChI=1S/C21H21N3O3.ClH/c25-18-15-20(27-19-4-2-1-3-17(18)19)21(26)24-13-11-23(12-14-24)10-7-16-5-8-22-9-6-16;/h1-6,8-9,15H,7,10-14H2;1H. The number of nitrogens with zero attached hydrogens (tertiary/aromatic N) is 3. The Kier molecular flexibility index (Phi) is 6.44. The zero-order valence-corrected chi connectivity index (χ0v) is 16.2. The summed E-state index contributed by atoms with van der Waals surface area (Å²) in [7, 11) is 0. The molecule has 0 spiro atoms. The fraction of sp³-hybridized carbons (Fsp3) is 0.286. The molecule has 0 bridgehead atoms. The fourth-order valence-electron chi connectivity index (χ4n) is 3.38. The van der Waals surface area contributed by atoms with Gasteiger partial charge in [0.2, 0.25) is 0 Å². The second kappa shape index (κ2) is 8.99. The molecule has 3 aromatic rings. The van der Waals surface area contributed by atoms with Crippen LogP contribution in [0.1, 0.15) is 16.1 Å². The molecule has 6 nitrogen and oxygen atoms in total. The molecule has 28 heavy (non-hydrogen) atoms. The van der Waals surface area contributed by atoms with Crippen molar-refractivity contribution in [3.8, 4) is 0 Å². The minimum atomic E-state index is -0.216. The number of para-hydroxylation sites is 1. The molecule has 0 N–H and O–H groups in total. The summed E-state index contributed by atoms with van der Waals surface area (Å²) >= 11 is 0. The van der Waals surface area contributed by atoms with E-state index >= 15 is 0 Å². The van der Waals surface area contributed by atoms with Crippen molar-refractivity contribution in [1.29, 1.82) is 0 Å². The average molecular weight is 400 g/mol. The van der Waals surface area contributed by atoms with E-state index in [1.54, 1.807) is 29.2 Å². The Hall–Kier alpha value is -2.70. The van der Waals surface area contributed by atoms with Crippen LogP contribution in [0.4, 0.5) is 0 Å². The Morgan fingerprint density at radius 1 is 1.04 bits per heavy atom. The monoisotopic (exact) mass is 399 g/mol. The number of aromatic nitrogens is 1. The zero-order chi connectivity index (χ0) is 18.6. The van der Waals surface area contributed by atoms with E-state index in [0.717, 1.165) is 26.1 Å². The van der Waals surface area contributed by atoms with Gasteiger partial charge in [0.25, 0.3) is 5.91 Å². The largest absolute Gasteiger partial charge is 0.451 e. The van der Waals surface area contributed by atoms with Crippen LogP contribution in [0.15, 0.2) is 64.1 Å². The molecule has 2 aromatic heterocycles. The second-order valence-corrected chi connectivity index (χ2v) is 6.71. The summed E-state index contributed by atoms with van der Waals surface area (Å²) in [6.45, 7) is 3.85. The van der Waals surface area contributed by atoms with Crippen molar-refractivity contribution < 1.29 is 9.21 Å². The van der Waals surface area contributed by atoms with E-state index in [4.69, 9.17) is 4.42 Å². The van der Waals surface area contributed by atoms with Crippen LogP contribution in [-0.2, 0) is 6.42 Å². The lowest BCUT2D eigenvalue weighted by Crippen LogP contribution is -2.49. The van der Waals surface area contributed by atoms with E-state index in [-0.39, 0.29) is 29.5 Å². The maximum atomic E-state index is 12.7. The predicted octanol–water partition coefficient (Wildman–Crippen LogP) is 2.61. The van der Waals surface area contributed by atoms with Crippen LogP contribution in [0.25, 0.3) is 11.0 Å². The van der Waals surface area contributed by atoms with E-state index in [9.17, 15) is 9.59 Å². The third-order valence-corrected chi connectivity index (χ3v) is 4.97. The van der Waals surface area contributed by atoms with Crippen molar-refractivity contribution >= 4 is 29.3 Å². The van der Waals surface area contributed by atoms with Crippen molar-refractivity contribution in [2.24, 2.45) is 0 Å². The number of pyridine rings is 1. The number of halogens is 1. The van der Waals surface area contributed by atoms with Crippen molar-refractivity contribution in [2.75, 3.05) is 32.7 Å². The summed E-state index contributed by atoms with van der Waals surface area (Å²) in [5.41, 5.74) is 1.53. The quantitative estimate of drug-likeness (QED) is 0.674. The number of piperazine rings is 1. The molecule has 1 aliphatic rings. The van der Waals surface area contributed by atoms with Gasteiger partial charge in [0.05, 0.1) is 5.39 Å². The number of fused-ring (bicyclic) bond motifs is 1. The zero-order valence-electron chi connectivity index (χ0n) is 15.4. The number of rotatable bonds is 4. The van der Waals surface area contributed by atoms with Crippen LogP contribution in [0.2, 0.25) is 0 Å². The molecule has 3 heterocycles. The normalized spacial score (nSPS) is 14.6. The molecule has 1 fully saturated rings. The third kappa shape index (κ3) is 4.40. The molecular formula is C21H22ClN3O3. The van der Waals surface area contributed by atoms with Gasteiger partial charge in [0.15, 0.2) is 11.2 Å². The van der Waals surface area contributed by atoms with Crippen molar-refractivity contribution in [2.45, 2.75) is 6.42 Å². The lowest BCUT2D eigenvalue weighted by molar-refractivity contribution is 0.0608. The highest BCUT2D eigenvalue weighted by atomic mass is 35.5. The van der Waals surface area contributed by atoms with Gasteiger partial charge < -0.3 is 9.32 Å². The summed E-state index contributed by atoms with van der Waals surface area (Å²) in [6, 6.07) is 12.4. The maximum absolute atomic E-state index is 12.7. The van der Waals surface area contributed by atoms with E-state index < -0.39 is 0 Å². The first kappa shape index (κ1) is 20.0. The Labute approximate surface area is 169 Å². The number of carbonyl (C=O) groups is 1. The van der Waals surface area contributed by atoms with Gasteiger partial charge in [0.1, 0.15) is 5.58 Å². The van der Waals surface area contributed by atoms with Crippen LogP contribution in [0.5, 0.6) is 0 Å². The van der Waals surface area contributed by atoms with Crippen molar-refractivity contribution in [3.05, 3.63) is 76.4 Å². The Balaban J connectivity index is 0.00000225. The smallest absolute Gasteiger partial charge is 0.289 e. The Morgan fingerprint density at radius 3 is 2.50 bits per heavy atom. The first-order chi connectivity index (χ1) is 13.2. The summed E-state index contributed by atoms with van der Waals surface area (Å²) in [4.78, 5) is 33.1. The number of carbonyl (C=O) groups excluding carboxylic acids is 1. The third-order valence-electron chi connectivity index (χ3n) is 4.97. The number of amides is 1. The molecular weight excluding hydrogens is 378 g/mol. The molecule has 1 amide bonds. The summed E-state index contributed by atoms with van der Waals surface area (Å²) in [5, 5.41) is 0.495. The SMILES string of the molecule is Cl.O=C(c1cc(=O)c2ccccc2o1)N1CCN(CCc2ccncc2)CC1. The topological polar surface area (TPSA) is 66.7 Å². The second-order valence-electron chi connectivity index (χ2n) is 6.71. The first-order valence-electron chi connectivity index (χ1n) is 9.14. The van der Waals surface area contributed by atoms with Crippen LogP contribution in [0.3, 0.4) is 0 Å². The van der Waals surface area contributed by atoms with Crippen LogP contribution >= 0.6 is 12.4 Å². The molecule has 4 rings (SSSR count). The van der Waals surface area contributed by atoms with Gasteiger partial charge in [0, 0.05) is 51.2 Å². The van der Waals surface area contributed by atoms with Gasteiger partial charge in [-0.25, -0.2) is 0 Å². The lowest BCUT2D eigenvalue weighted by atomic mass is 10.2. The van der Waals surface area contributed by atoms with Crippen LogP contribution in [0, 0.1) is 0 Å². The van der Waals surface area contributed by atoms with Gasteiger partial charge in [-0.15, -0.1) is 12.4 Å². The molecule has 0 unspecified atom stereocenters. The van der Waals surface area contributed by atoms with Gasteiger partial charge in [-0.05, 0) is 36.2 Å². The molecule has 1 aromatic carbocycles. The molecule has 0 atom stereocenters. The molecule has 0 aliphatic carbocycles. The van der Waals surface area contributed by atoms with Crippen molar-refractivity contribution in [3.63, 3.8) is 0 Å². The average Bonchev–Trinajstić information content (AvgIpc) is 2.73. The molecule has 7 heteroatoms. The minimum absolute atomic E-state index is 0. The first-order valence-corrected chi connectivity index (χ1v) is 9.14. The van der Waals surface area contributed by atoms with Crippen LogP contribution < -0.4 is 5.43 Å². The van der Waals surface area contributed by atoms with Gasteiger partial charge in [-0.3, -0.25) is 19.5 Å². The predicted molar refractivity (Wildman–Crippen MR) is 110 cm³/mol. The van der Waals surface area contributed by atoms with Gasteiger partial charge in [-0.2, -0.15) is 0 Å². The molecule has 0 saturated carbocycles. The summed E-state index contributed by atoms with van der Waals surface area (Å²) < 4.78 is 5.68. The molecule has 1 aliphatic heterocycles. The van der Waals surface area contributed by atoms with E-state index in [2.05, 4.69) is 9.88 Å². The van der Waals surface area contributed by atoms with Crippen molar-refractivity contribution in [1.82, 2.24) is 14.8 Å². The number of benzene rings is 1. The minimum Gasteiger partial charge on any atom is -0.451 e. The highest BCUT2D eigenvalue weighted by Crippen LogP contribution is 2.14. The van der Waals surface area contributed by atoms with E-state index in [0.29, 0.717) is 24.1 Å². The highest BCUT2D eigenvalue weighted by molar-refractivity contribution is 5.93. The summed E-state index contributed by atoms with van der Waals surface area (Å²) in [6.07, 6.45) is 4.59. The number of hydrogen-bond acceptors (Lipinski definition) is 5.